The van der Waals surface area contributed by atoms with Crippen LogP contribution in [0.3, 0.4) is 0 Å². The van der Waals surface area contributed by atoms with E-state index in [1.165, 1.54) is 6.08 Å². The van der Waals surface area contributed by atoms with Gasteiger partial charge in [0.05, 0.1) is 11.1 Å². The first-order valence-electron chi connectivity index (χ1n) is 10.2. The number of hydrogen-bond donors (Lipinski definition) is 0. The third kappa shape index (κ3) is 5.62. The summed E-state index contributed by atoms with van der Waals surface area (Å²) in [5, 5.41) is 3.79. The van der Waals surface area contributed by atoms with Crippen LogP contribution in [0.2, 0.25) is 0 Å². The molecule has 0 atom stereocenters. The molecule has 174 valence electrons. The van der Waals surface area contributed by atoms with Crippen LogP contribution < -0.4 is 0 Å². The van der Waals surface area contributed by atoms with E-state index in [-0.39, 0.29) is 23.3 Å². The van der Waals surface area contributed by atoms with Crippen molar-refractivity contribution in [1.29, 1.82) is 0 Å². The van der Waals surface area contributed by atoms with E-state index in [9.17, 15) is 26.3 Å². The summed E-state index contributed by atoms with van der Waals surface area (Å²) in [4.78, 5) is 6.55. The van der Waals surface area contributed by atoms with Gasteiger partial charge in [0.2, 0.25) is 0 Å². The Kier molecular flexibility index (Phi) is 6.29. The van der Waals surface area contributed by atoms with Gasteiger partial charge in [-0.1, -0.05) is 29.4 Å². The van der Waals surface area contributed by atoms with E-state index in [4.69, 9.17) is 4.52 Å². The Morgan fingerprint density at radius 3 is 2.15 bits per heavy atom. The van der Waals surface area contributed by atoms with Gasteiger partial charge in [0.1, 0.15) is 0 Å². The molecular weight excluding hydrogens is 448 g/mol. The highest BCUT2D eigenvalue weighted by atomic mass is 19.4. The van der Waals surface area contributed by atoms with Gasteiger partial charge in [-0.2, -0.15) is 31.3 Å². The number of aromatic nitrogens is 2. The number of benzene rings is 2. The maximum Gasteiger partial charge on any atom is 0.416 e. The van der Waals surface area contributed by atoms with Crippen LogP contribution in [0.4, 0.5) is 26.3 Å². The zero-order valence-electron chi connectivity index (χ0n) is 17.2. The second kappa shape index (κ2) is 9.01. The lowest BCUT2D eigenvalue weighted by Crippen LogP contribution is -2.18. The molecule has 2 aromatic carbocycles. The minimum Gasteiger partial charge on any atom is -0.334 e. The summed E-state index contributed by atoms with van der Waals surface area (Å²) in [7, 11) is 0. The molecule has 3 aromatic rings. The molecule has 1 aliphatic heterocycles. The molecular formula is C23H19F6N3O. The molecule has 0 amide bonds. The number of hydrogen-bond acceptors (Lipinski definition) is 4. The summed E-state index contributed by atoms with van der Waals surface area (Å²) in [5.74, 6) is 0.261. The molecule has 0 saturated carbocycles. The van der Waals surface area contributed by atoms with Gasteiger partial charge in [0.15, 0.2) is 5.82 Å². The fourth-order valence-electron chi connectivity index (χ4n) is 3.71. The predicted octanol–water partition coefficient (Wildman–Crippen LogP) is 6.54. The fourth-order valence-corrected chi connectivity index (χ4v) is 3.71. The van der Waals surface area contributed by atoms with E-state index in [0.717, 1.165) is 43.1 Å². The highest BCUT2D eigenvalue weighted by Gasteiger charge is 2.36. The minimum atomic E-state index is -4.91. The molecule has 10 heteroatoms. The predicted molar refractivity (Wildman–Crippen MR) is 110 cm³/mol. The first-order valence-corrected chi connectivity index (χ1v) is 10.2. The lowest BCUT2D eigenvalue weighted by Gasteiger charge is -2.16. The molecule has 1 aliphatic rings. The molecule has 4 nitrogen and oxygen atoms in total. The highest BCUT2D eigenvalue weighted by molar-refractivity contribution is 5.68. The van der Waals surface area contributed by atoms with Crippen LogP contribution in [-0.4, -0.2) is 28.1 Å². The normalized spacial score (nSPS) is 15.6. The zero-order valence-corrected chi connectivity index (χ0v) is 17.2. The summed E-state index contributed by atoms with van der Waals surface area (Å²) in [6, 6.07) is 8.86. The Bertz CT molecular complexity index is 1110. The number of halogens is 6. The van der Waals surface area contributed by atoms with Gasteiger partial charge >= 0.3 is 12.4 Å². The second-order valence-corrected chi connectivity index (χ2v) is 7.77. The van der Waals surface area contributed by atoms with Gasteiger partial charge in [-0.05, 0) is 67.4 Å². The third-order valence-corrected chi connectivity index (χ3v) is 5.32. The van der Waals surface area contributed by atoms with Gasteiger partial charge in [-0.25, -0.2) is 0 Å². The molecule has 33 heavy (non-hydrogen) atoms. The summed E-state index contributed by atoms with van der Waals surface area (Å²) >= 11 is 0. The summed E-state index contributed by atoms with van der Waals surface area (Å²) < 4.78 is 83.5. The lowest BCUT2D eigenvalue weighted by molar-refractivity contribution is -0.143. The molecule has 0 bridgehead atoms. The Morgan fingerprint density at radius 2 is 1.52 bits per heavy atom. The number of nitrogens with zero attached hydrogens (tertiary/aromatic N) is 3. The van der Waals surface area contributed by atoms with E-state index in [1.54, 1.807) is 0 Å². The van der Waals surface area contributed by atoms with Gasteiger partial charge < -0.3 is 4.52 Å². The van der Waals surface area contributed by atoms with Crippen LogP contribution in [0.5, 0.6) is 0 Å². The van der Waals surface area contributed by atoms with E-state index >= 15 is 0 Å². The van der Waals surface area contributed by atoms with E-state index in [1.807, 2.05) is 24.3 Å². The lowest BCUT2D eigenvalue weighted by atomic mass is 10.0. The molecule has 0 radical (unpaired) electrons. The standard InChI is InChI=1S/C23H19F6N3O/c24-22(25,26)17-11-15(12-18(13-17)23(27,28)29)7-8-20-30-21(33-31-20)19-6-2-1-5-16(19)14-32-9-3-4-10-32/h1-2,5-8,11-13H,3-4,9-10,14H2/b8-7+. The smallest absolute Gasteiger partial charge is 0.334 e. The molecule has 0 N–H and O–H groups in total. The molecule has 1 fully saturated rings. The number of rotatable bonds is 5. The molecule has 0 spiro atoms. The van der Waals surface area contributed by atoms with Crippen molar-refractivity contribution < 1.29 is 30.9 Å². The monoisotopic (exact) mass is 467 g/mol. The van der Waals surface area contributed by atoms with Gasteiger partial charge in [-0.3, -0.25) is 4.90 Å². The molecule has 2 heterocycles. The van der Waals surface area contributed by atoms with Crippen molar-refractivity contribution in [2.45, 2.75) is 31.7 Å². The molecule has 0 aliphatic carbocycles. The minimum absolute atomic E-state index is 0.0342. The quantitative estimate of drug-likeness (QED) is 0.400. The fraction of sp³-hybridized carbons (Fsp3) is 0.304. The van der Waals surface area contributed by atoms with E-state index < -0.39 is 23.5 Å². The van der Waals surface area contributed by atoms with Crippen molar-refractivity contribution in [2.75, 3.05) is 13.1 Å². The van der Waals surface area contributed by atoms with Crippen LogP contribution in [0.15, 0.2) is 47.0 Å². The maximum absolute atomic E-state index is 13.0. The van der Waals surface area contributed by atoms with Crippen molar-refractivity contribution in [3.05, 3.63) is 70.5 Å². The van der Waals surface area contributed by atoms with Crippen LogP contribution in [0.25, 0.3) is 23.6 Å². The Balaban J connectivity index is 1.59. The Morgan fingerprint density at radius 1 is 0.879 bits per heavy atom. The zero-order chi connectivity index (χ0) is 23.6. The first kappa shape index (κ1) is 23.0. The maximum atomic E-state index is 13.0. The van der Waals surface area contributed by atoms with Crippen LogP contribution in [-0.2, 0) is 18.9 Å². The average Bonchev–Trinajstić information content (AvgIpc) is 3.43. The average molecular weight is 467 g/mol. The van der Waals surface area contributed by atoms with Crippen LogP contribution in [0.1, 0.15) is 40.9 Å². The largest absolute Gasteiger partial charge is 0.416 e. The van der Waals surface area contributed by atoms with Crippen LogP contribution >= 0.6 is 0 Å². The number of likely N-dealkylation sites (tertiary alicyclic amines) is 1. The van der Waals surface area contributed by atoms with Crippen molar-refractivity contribution in [3.63, 3.8) is 0 Å². The summed E-state index contributed by atoms with van der Waals surface area (Å²) in [6.07, 6.45) is -5.24. The first-order chi connectivity index (χ1) is 15.6. The van der Waals surface area contributed by atoms with Gasteiger partial charge in [0, 0.05) is 12.1 Å². The summed E-state index contributed by atoms with van der Waals surface area (Å²) in [5.41, 5.74) is -1.33. The molecule has 1 aromatic heterocycles. The van der Waals surface area contributed by atoms with Crippen molar-refractivity contribution in [2.24, 2.45) is 0 Å². The van der Waals surface area contributed by atoms with E-state index in [2.05, 4.69) is 15.0 Å². The van der Waals surface area contributed by atoms with E-state index in [0.29, 0.717) is 18.7 Å². The van der Waals surface area contributed by atoms with Crippen molar-refractivity contribution >= 4 is 12.2 Å². The van der Waals surface area contributed by atoms with Gasteiger partial charge in [-0.15, -0.1) is 0 Å². The molecule has 4 rings (SSSR count). The summed E-state index contributed by atoms with van der Waals surface area (Å²) in [6.45, 7) is 2.72. The highest BCUT2D eigenvalue weighted by Crippen LogP contribution is 2.36. The van der Waals surface area contributed by atoms with Crippen LogP contribution in [0, 0.1) is 0 Å². The Labute approximate surface area is 185 Å². The third-order valence-electron chi connectivity index (χ3n) is 5.32. The number of alkyl halides is 6. The Hall–Kier alpha value is -3.14. The van der Waals surface area contributed by atoms with Crippen molar-refractivity contribution in [1.82, 2.24) is 15.0 Å². The molecule has 0 unspecified atom stereocenters. The van der Waals surface area contributed by atoms with Gasteiger partial charge in [0.25, 0.3) is 5.89 Å². The molecule has 1 saturated heterocycles. The van der Waals surface area contributed by atoms with Crippen molar-refractivity contribution in [3.8, 4) is 11.5 Å². The SMILES string of the molecule is FC(F)(F)c1cc(/C=C/c2noc(-c3ccccc3CN3CCCC3)n2)cc(C(F)(F)F)c1. The second-order valence-electron chi connectivity index (χ2n) is 7.77. The topological polar surface area (TPSA) is 42.2 Å².